The van der Waals surface area contributed by atoms with Crippen LogP contribution in [0.15, 0.2) is 42.5 Å². The first-order chi connectivity index (χ1) is 16.6. The van der Waals surface area contributed by atoms with Gasteiger partial charge in [-0.15, -0.1) is 0 Å². The van der Waals surface area contributed by atoms with Gasteiger partial charge in [-0.1, -0.05) is 30.3 Å². The van der Waals surface area contributed by atoms with Gasteiger partial charge in [0.15, 0.2) is 17.2 Å². The number of carbonyl (C=O) groups excluding carboxylic acids is 1. The zero-order valence-electron chi connectivity index (χ0n) is 20.1. The van der Waals surface area contributed by atoms with Crippen LogP contribution in [-0.2, 0) is 39.4 Å². The number of fused-ring (bicyclic) bond motifs is 2. The summed E-state index contributed by atoms with van der Waals surface area (Å²) in [5.74, 6) is 1.51. The number of aromatic nitrogens is 2. The van der Waals surface area contributed by atoms with Gasteiger partial charge in [0.2, 0.25) is 0 Å². The Morgan fingerprint density at radius 2 is 1.88 bits per heavy atom. The summed E-state index contributed by atoms with van der Waals surface area (Å²) in [6, 6.07) is 14.7. The van der Waals surface area contributed by atoms with Gasteiger partial charge < -0.3 is 19.7 Å². The number of hydrogen-bond donors (Lipinski definition) is 1. The van der Waals surface area contributed by atoms with Gasteiger partial charge >= 0.3 is 0 Å². The molecule has 0 radical (unpaired) electrons. The van der Waals surface area contributed by atoms with Gasteiger partial charge in [-0.05, 0) is 54.5 Å². The standard InChI is InChI=1S/C27H32N4O3/c1-30-23-10-9-21(28-16-18-8-11-24(33-2)25(14-18)34-3)15-22(23)26(29-30)27(32)31-13-12-19-6-4-5-7-20(19)17-31/h4-8,11,14,21,28H,9-10,12-13,15-17H2,1-3H3. The Morgan fingerprint density at radius 3 is 2.68 bits per heavy atom. The molecule has 1 atom stereocenters. The van der Waals surface area contributed by atoms with E-state index in [0.717, 1.165) is 61.4 Å². The highest BCUT2D eigenvalue weighted by Gasteiger charge is 2.31. The number of carbonyl (C=O) groups is 1. The quantitative estimate of drug-likeness (QED) is 0.612. The van der Waals surface area contributed by atoms with Crippen LogP contribution in [-0.4, -0.2) is 47.4 Å². The van der Waals surface area contributed by atoms with Gasteiger partial charge in [-0.3, -0.25) is 9.48 Å². The number of rotatable bonds is 6. The minimum Gasteiger partial charge on any atom is -0.493 e. The van der Waals surface area contributed by atoms with Gasteiger partial charge in [-0.2, -0.15) is 5.10 Å². The molecule has 7 heteroatoms. The number of ether oxygens (including phenoxy) is 2. The molecule has 1 N–H and O–H groups in total. The van der Waals surface area contributed by atoms with Crippen LogP contribution in [0.1, 0.15) is 44.9 Å². The summed E-state index contributed by atoms with van der Waals surface area (Å²) in [6.07, 6.45) is 3.64. The van der Waals surface area contributed by atoms with E-state index in [1.54, 1.807) is 14.2 Å². The third-order valence-electron chi connectivity index (χ3n) is 7.12. The molecule has 5 rings (SSSR count). The van der Waals surface area contributed by atoms with Crippen LogP contribution in [0.3, 0.4) is 0 Å². The maximum Gasteiger partial charge on any atom is 0.274 e. The number of hydrogen-bond acceptors (Lipinski definition) is 5. The second-order valence-corrected chi connectivity index (χ2v) is 9.15. The van der Waals surface area contributed by atoms with Crippen LogP contribution >= 0.6 is 0 Å². The van der Waals surface area contributed by atoms with E-state index in [9.17, 15) is 4.79 Å². The molecule has 2 heterocycles. The van der Waals surface area contributed by atoms with E-state index in [2.05, 4.69) is 34.7 Å². The zero-order chi connectivity index (χ0) is 23.7. The molecule has 34 heavy (non-hydrogen) atoms. The molecule has 1 aliphatic carbocycles. The summed E-state index contributed by atoms with van der Waals surface area (Å²) in [5, 5.41) is 8.36. The lowest BCUT2D eigenvalue weighted by Gasteiger charge is -2.29. The van der Waals surface area contributed by atoms with Crippen molar-refractivity contribution in [1.29, 1.82) is 0 Å². The Hall–Kier alpha value is -3.32. The number of nitrogens with one attached hydrogen (secondary N) is 1. The molecule has 2 aromatic carbocycles. The van der Waals surface area contributed by atoms with Gasteiger partial charge in [0.05, 0.1) is 14.2 Å². The van der Waals surface area contributed by atoms with Crippen molar-refractivity contribution < 1.29 is 14.3 Å². The molecule has 0 bridgehead atoms. The van der Waals surface area contributed by atoms with Crippen molar-refractivity contribution in [2.24, 2.45) is 7.05 Å². The lowest BCUT2D eigenvalue weighted by molar-refractivity contribution is 0.0726. The molecule has 1 unspecified atom stereocenters. The fraction of sp³-hybridized carbons (Fsp3) is 0.407. The summed E-state index contributed by atoms with van der Waals surface area (Å²) in [6.45, 7) is 2.12. The summed E-state index contributed by atoms with van der Waals surface area (Å²) < 4.78 is 12.7. The third kappa shape index (κ3) is 4.28. The fourth-order valence-corrected chi connectivity index (χ4v) is 5.21. The molecule has 3 aromatic rings. The first-order valence-electron chi connectivity index (χ1n) is 11.9. The molecule has 1 amide bonds. The minimum atomic E-state index is 0.0480. The predicted octanol–water partition coefficient (Wildman–Crippen LogP) is 3.28. The Labute approximate surface area is 200 Å². The Kier molecular flexibility index (Phi) is 6.28. The van der Waals surface area contributed by atoms with Crippen molar-refractivity contribution in [3.05, 3.63) is 76.1 Å². The van der Waals surface area contributed by atoms with Crippen LogP contribution < -0.4 is 14.8 Å². The molecular weight excluding hydrogens is 428 g/mol. The zero-order valence-corrected chi connectivity index (χ0v) is 20.1. The van der Waals surface area contributed by atoms with Gasteiger partial charge in [0, 0.05) is 44.0 Å². The molecule has 0 spiro atoms. The highest BCUT2D eigenvalue weighted by molar-refractivity contribution is 5.94. The highest BCUT2D eigenvalue weighted by Crippen LogP contribution is 2.29. The normalized spacial score (nSPS) is 17.1. The number of benzene rings is 2. The largest absolute Gasteiger partial charge is 0.493 e. The van der Waals surface area contributed by atoms with Crippen molar-refractivity contribution >= 4 is 5.91 Å². The molecule has 7 nitrogen and oxygen atoms in total. The monoisotopic (exact) mass is 460 g/mol. The number of nitrogens with zero attached hydrogens (tertiary/aromatic N) is 3. The van der Waals surface area contributed by atoms with E-state index in [1.807, 2.05) is 34.8 Å². The lowest BCUT2D eigenvalue weighted by atomic mass is 9.90. The molecule has 0 saturated heterocycles. The van der Waals surface area contributed by atoms with Crippen molar-refractivity contribution in [3.8, 4) is 11.5 Å². The maximum absolute atomic E-state index is 13.5. The van der Waals surface area contributed by atoms with Gasteiger partial charge in [0.25, 0.3) is 5.91 Å². The first-order valence-corrected chi connectivity index (χ1v) is 11.9. The summed E-state index contributed by atoms with van der Waals surface area (Å²) in [5.41, 5.74) is 6.62. The topological polar surface area (TPSA) is 68.6 Å². The molecule has 2 aliphatic rings. The number of methoxy groups -OCH3 is 2. The average molecular weight is 461 g/mol. The SMILES string of the molecule is COc1ccc(CNC2CCc3c(c(C(=O)N4CCc5ccccc5C4)nn3C)C2)cc1OC. The van der Waals surface area contributed by atoms with Gasteiger partial charge in [0.1, 0.15) is 0 Å². The molecule has 0 saturated carbocycles. The third-order valence-corrected chi connectivity index (χ3v) is 7.12. The summed E-state index contributed by atoms with van der Waals surface area (Å²) >= 11 is 0. The fourth-order valence-electron chi connectivity index (χ4n) is 5.21. The molecular formula is C27H32N4O3. The van der Waals surface area contributed by atoms with E-state index in [1.165, 1.54) is 16.8 Å². The minimum absolute atomic E-state index is 0.0480. The molecule has 1 aromatic heterocycles. The first kappa shape index (κ1) is 22.5. The average Bonchev–Trinajstić information content (AvgIpc) is 3.22. The van der Waals surface area contributed by atoms with Crippen molar-refractivity contribution in [2.75, 3.05) is 20.8 Å². The smallest absolute Gasteiger partial charge is 0.274 e. The lowest BCUT2D eigenvalue weighted by Crippen LogP contribution is -2.38. The molecule has 0 fully saturated rings. The van der Waals surface area contributed by atoms with E-state index in [4.69, 9.17) is 9.47 Å². The number of amides is 1. The van der Waals surface area contributed by atoms with Crippen LogP contribution in [0.25, 0.3) is 0 Å². The van der Waals surface area contributed by atoms with E-state index in [-0.39, 0.29) is 5.91 Å². The van der Waals surface area contributed by atoms with E-state index < -0.39 is 0 Å². The molecule has 178 valence electrons. The van der Waals surface area contributed by atoms with Crippen LogP contribution in [0, 0.1) is 0 Å². The van der Waals surface area contributed by atoms with Crippen molar-refractivity contribution in [3.63, 3.8) is 0 Å². The maximum atomic E-state index is 13.5. The Morgan fingerprint density at radius 1 is 1.09 bits per heavy atom. The van der Waals surface area contributed by atoms with E-state index >= 15 is 0 Å². The number of aryl methyl sites for hydroxylation is 1. The second kappa shape index (κ2) is 9.50. The summed E-state index contributed by atoms with van der Waals surface area (Å²) in [4.78, 5) is 15.5. The van der Waals surface area contributed by atoms with Crippen LogP contribution in [0.4, 0.5) is 0 Å². The Balaban J connectivity index is 1.29. The van der Waals surface area contributed by atoms with Crippen molar-refractivity contribution in [1.82, 2.24) is 20.0 Å². The van der Waals surface area contributed by atoms with E-state index in [0.29, 0.717) is 18.3 Å². The summed E-state index contributed by atoms with van der Waals surface area (Å²) in [7, 11) is 5.25. The molecule has 1 aliphatic heterocycles. The predicted molar refractivity (Wildman–Crippen MR) is 130 cm³/mol. The van der Waals surface area contributed by atoms with Crippen LogP contribution in [0.2, 0.25) is 0 Å². The van der Waals surface area contributed by atoms with Crippen molar-refractivity contribution in [2.45, 2.75) is 44.8 Å². The van der Waals surface area contributed by atoms with Crippen LogP contribution in [0.5, 0.6) is 11.5 Å². The highest BCUT2D eigenvalue weighted by atomic mass is 16.5. The Bertz CT molecular complexity index is 1200. The van der Waals surface area contributed by atoms with Gasteiger partial charge in [-0.25, -0.2) is 0 Å². The second-order valence-electron chi connectivity index (χ2n) is 9.15.